The summed E-state index contributed by atoms with van der Waals surface area (Å²) in [6.45, 7) is 2.64. The van der Waals surface area contributed by atoms with Gasteiger partial charge in [-0.3, -0.25) is 9.59 Å². The molecule has 6 rings (SSSR count). The lowest BCUT2D eigenvalue weighted by molar-refractivity contribution is -0.133. The fourth-order valence-corrected chi connectivity index (χ4v) is 7.33. The Morgan fingerprint density at radius 3 is 2.45 bits per heavy atom. The zero-order chi connectivity index (χ0) is 29.8. The minimum absolute atomic E-state index is 0.00492. The lowest BCUT2D eigenvalue weighted by atomic mass is 10.1. The number of nitrogens with zero attached hydrogens (tertiary/aromatic N) is 8. The first kappa shape index (κ1) is 28.3. The van der Waals surface area contributed by atoms with Crippen molar-refractivity contribution in [3.05, 3.63) is 63.3 Å². The van der Waals surface area contributed by atoms with Crippen LogP contribution in [-0.2, 0) is 28.0 Å². The van der Waals surface area contributed by atoms with E-state index < -0.39 is 21.5 Å². The average molecular weight is 617 g/mol. The molecule has 2 aliphatic rings. The Balaban J connectivity index is 1.42. The Kier molecular flexibility index (Phi) is 7.24. The number of amides is 1. The summed E-state index contributed by atoms with van der Waals surface area (Å²) in [5.74, 6) is -1.24. The molecule has 0 unspecified atom stereocenters. The van der Waals surface area contributed by atoms with Gasteiger partial charge in [-0.25, -0.2) is 23.1 Å². The van der Waals surface area contributed by atoms with E-state index in [-0.39, 0.29) is 53.7 Å². The molecule has 0 aliphatic carbocycles. The first-order valence-corrected chi connectivity index (χ1v) is 15.5. The third-order valence-corrected chi connectivity index (χ3v) is 10.5. The van der Waals surface area contributed by atoms with Crippen molar-refractivity contribution in [3.63, 3.8) is 0 Å². The molecule has 16 heteroatoms. The van der Waals surface area contributed by atoms with Crippen LogP contribution >= 0.6 is 11.3 Å². The van der Waals surface area contributed by atoms with Crippen LogP contribution in [0.25, 0.3) is 16.5 Å². The molecule has 0 atom stereocenters. The van der Waals surface area contributed by atoms with Crippen molar-refractivity contribution in [3.8, 4) is 16.5 Å². The van der Waals surface area contributed by atoms with E-state index in [1.165, 1.54) is 41.3 Å². The molecule has 5 heterocycles. The zero-order valence-electron chi connectivity index (χ0n) is 23.0. The van der Waals surface area contributed by atoms with Gasteiger partial charge >= 0.3 is 15.8 Å². The first-order valence-electron chi connectivity index (χ1n) is 13.3. The van der Waals surface area contributed by atoms with Gasteiger partial charge in [0.05, 0.1) is 12.7 Å². The van der Waals surface area contributed by atoms with Crippen molar-refractivity contribution < 1.29 is 22.7 Å². The molecule has 1 N–H and O–H groups in total. The minimum atomic E-state index is -3.92. The summed E-state index contributed by atoms with van der Waals surface area (Å²) < 4.78 is 44.1. The molecule has 2 fully saturated rings. The highest BCUT2D eigenvalue weighted by Crippen LogP contribution is 2.32. The number of fused-ring (bicyclic) bond motifs is 1. The molecule has 2 saturated heterocycles. The maximum atomic E-state index is 13.6. The van der Waals surface area contributed by atoms with Crippen LogP contribution in [0.5, 0.6) is 5.75 Å². The predicted molar refractivity (Wildman–Crippen MR) is 154 cm³/mol. The number of aromatic nitrogens is 4. The second-order valence-corrected chi connectivity index (χ2v) is 13.5. The topological polar surface area (TPSA) is 137 Å². The van der Waals surface area contributed by atoms with Crippen LogP contribution in [0.4, 0.5) is 10.2 Å². The predicted octanol–water partition coefficient (Wildman–Crippen LogP) is 0.826. The van der Waals surface area contributed by atoms with Crippen molar-refractivity contribution in [2.45, 2.75) is 13.0 Å². The van der Waals surface area contributed by atoms with Gasteiger partial charge in [0.1, 0.15) is 23.2 Å². The summed E-state index contributed by atoms with van der Waals surface area (Å²) >= 11 is 1.21. The number of thiazole rings is 1. The lowest BCUT2D eigenvalue weighted by Crippen LogP contribution is -2.48. The molecule has 42 heavy (non-hydrogen) atoms. The van der Waals surface area contributed by atoms with Crippen molar-refractivity contribution in [1.29, 1.82) is 0 Å². The number of halogens is 1. The number of aromatic hydroxyl groups is 1. The third-order valence-electron chi connectivity index (χ3n) is 7.55. The molecule has 0 radical (unpaired) electrons. The van der Waals surface area contributed by atoms with Crippen LogP contribution in [-0.4, -0.2) is 106 Å². The molecular weight excluding hydrogens is 587 g/mol. The fraction of sp³-hybridized carbons (Fsp3) is 0.385. The van der Waals surface area contributed by atoms with Gasteiger partial charge in [-0.05, 0) is 24.7 Å². The molecule has 0 saturated carbocycles. The number of hydrogen-bond donors (Lipinski definition) is 1. The van der Waals surface area contributed by atoms with Gasteiger partial charge in [-0.15, -0.1) is 11.3 Å². The van der Waals surface area contributed by atoms with E-state index in [4.69, 9.17) is 0 Å². The lowest BCUT2D eigenvalue weighted by Gasteiger charge is -2.32. The summed E-state index contributed by atoms with van der Waals surface area (Å²) in [7, 11) is -0.504. The minimum Gasteiger partial charge on any atom is -0.501 e. The van der Waals surface area contributed by atoms with Gasteiger partial charge in [0, 0.05) is 57.3 Å². The molecule has 13 nitrogen and oxygen atoms in total. The standard InChI is InChI=1S/C26H29FN8O5S2/c1-30-7-10-32(11-8-30)21(36)16-33-15-20(34-12-9-31(2)42(34,39)40)35-25(38)23(37)22(29-26(33)35)24-28-14-19(41-24)13-17-3-5-18(27)6-4-17/h3-6,14-15,37H,7-13,16H2,1-2H3. The maximum Gasteiger partial charge on any atom is 0.305 e. The number of anilines is 1. The van der Waals surface area contributed by atoms with Crippen LogP contribution in [0.3, 0.4) is 0 Å². The highest BCUT2D eigenvalue weighted by molar-refractivity contribution is 7.90. The highest BCUT2D eigenvalue weighted by atomic mass is 32.2. The zero-order valence-corrected chi connectivity index (χ0v) is 24.6. The van der Waals surface area contributed by atoms with E-state index in [0.717, 1.165) is 36.5 Å². The van der Waals surface area contributed by atoms with E-state index in [0.29, 0.717) is 19.5 Å². The Morgan fingerprint density at radius 1 is 1.07 bits per heavy atom. The molecule has 1 amide bonds. The normalized spacial score (nSPS) is 17.9. The van der Waals surface area contributed by atoms with Gasteiger partial charge < -0.3 is 19.5 Å². The van der Waals surface area contributed by atoms with Crippen molar-refractivity contribution in [2.75, 3.05) is 57.7 Å². The number of benzene rings is 1. The SMILES string of the molecule is CN1CCN(C(=O)Cn2cc(N3CCN(C)S3(=O)=O)n3c(=O)c(O)c(-c4ncc(Cc5ccc(F)cc5)s4)nc23)CC1. The van der Waals surface area contributed by atoms with Crippen LogP contribution in [0, 0.1) is 5.82 Å². The average Bonchev–Trinajstić information content (AvgIpc) is 3.63. The Bertz CT molecular complexity index is 1830. The number of likely N-dealkylation sites (N-methyl/N-ethyl adjacent to an activating group) is 2. The summed E-state index contributed by atoms with van der Waals surface area (Å²) in [4.78, 5) is 40.5. The quantitative estimate of drug-likeness (QED) is 0.337. The molecule has 3 aromatic heterocycles. The van der Waals surface area contributed by atoms with E-state index in [1.807, 2.05) is 7.05 Å². The van der Waals surface area contributed by atoms with Crippen molar-refractivity contribution >= 4 is 39.0 Å². The van der Waals surface area contributed by atoms with E-state index in [2.05, 4.69) is 14.9 Å². The monoisotopic (exact) mass is 616 g/mol. The number of rotatable bonds is 6. The molecular formula is C26H29FN8O5S2. The summed E-state index contributed by atoms with van der Waals surface area (Å²) in [5, 5.41) is 11.3. The third kappa shape index (κ3) is 5.04. The molecule has 0 bridgehead atoms. The summed E-state index contributed by atoms with van der Waals surface area (Å²) in [6, 6.07) is 6.07. The Labute approximate surface area is 244 Å². The van der Waals surface area contributed by atoms with Gasteiger partial charge in [0.2, 0.25) is 17.4 Å². The maximum absolute atomic E-state index is 13.6. The van der Waals surface area contributed by atoms with Gasteiger partial charge in [-0.2, -0.15) is 12.7 Å². The van der Waals surface area contributed by atoms with E-state index in [9.17, 15) is 27.5 Å². The second-order valence-electron chi connectivity index (χ2n) is 10.4. The highest BCUT2D eigenvalue weighted by Gasteiger charge is 2.37. The van der Waals surface area contributed by atoms with E-state index in [1.54, 1.807) is 23.2 Å². The number of piperazine rings is 1. The molecule has 4 aromatic rings. The Hall–Kier alpha value is -3.86. The molecule has 2 aliphatic heterocycles. The number of hydrogen-bond acceptors (Lipinski definition) is 9. The van der Waals surface area contributed by atoms with Gasteiger partial charge in [0.15, 0.2) is 5.69 Å². The number of carbonyl (C=O) groups excluding carboxylic acids is 1. The van der Waals surface area contributed by atoms with Crippen LogP contribution in [0.15, 0.2) is 41.5 Å². The fourth-order valence-electron chi connectivity index (χ4n) is 5.06. The number of carbonyl (C=O) groups is 1. The summed E-state index contributed by atoms with van der Waals surface area (Å²) in [5.41, 5.74) is -0.0948. The Morgan fingerprint density at radius 2 is 1.79 bits per heavy atom. The first-order chi connectivity index (χ1) is 20.0. The molecule has 0 spiro atoms. The van der Waals surface area contributed by atoms with Crippen LogP contribution < -0.4 is 9.86 Å². The molecule has 1 aromatic carbocycles. The van der Waals surface area contributed by atoms with Crippen LogP contribution in [0.2, 0.25) is 0 Å². The summed E-state index contributed by atoms with van der Waals surface area (Å²) in [6.07, 6.45) is 3.47. The van der Waals surface area contributed by atoms with Crippen LogP contribution in [0.1, 0.15) is 10.4 Å². The van der Waals surface area contributed by atoms with Crippen molar-refractivity contribution in [2.24, 2.45) is 0 Å². The van der Waals surface area contributed by atoms with Crippen molar-refractivity contribution in [1.82, 2.24) is 33.0 Å². The molecule has 222 valence electrons. The largest absolute Gasteiger partial charge is 0.501 e. The van der Waals surface area contributed by atoms with Gasteiger partial charge in [-0.1, -0.05) is 12.1 Å². The smallest absolute Gasteiger partial charge is 0.305 e. The van der Waals surface area contributed by atoms with Gasteiger partial charge in [0.25, 0.3) is 0 Å². The number of imidazole rings is 1. The second kappa shape index (κ2) is 10.8. The van der Waals surface area contributed by atoms with E-state index >= 15 is 0 Å².